The Morgan fingerprint density at radius 2 is 1.85 bits per heavy atom. The van der Waals surface area contributed by atoms with Gasteiger partial charge in [0.25, 0.3) is 5.91 Å². The summed E-state index contributed by atoms with van der Waals surface area (Å²) in [6.45, 7) is 7.34. The highest BCUT2D eigenvalue weighted by Gasteiger charge is 2.41. The Morgan fingerprint density at radius 1 is 1.25 bits per heavy atom. The number of amides is 1. The molecule has 2 nitrogen and oxygen atoms in total. The van der Waals surface area contributed by atoms with Crippen LogP contribution in [-0.4, -0.2) is 17.8 Å². The molecule has 1 aliphatic rings. The van der Waals surface area contributed by atoms with Crippen LogP contribution in [-0.2, 0) is 5.41 Å². The summed E-state index contributed by atoms with van der Waals surface area (Å²) in [6, 6.07) is 7.97. The first-order chi connectivity index (χ1) is 9.36. The van der Waals surface area contributed by atoms with E-state index in [4.69, 9.17) is 0 Å². The van der Waals surface area contributed by atoms with Gasteiger partial charge in [-0.1, -0.05) is 48.8 Å². The van der Waals surface area contributed by atoms with E-state index in [2.05, 4.69) is 54.2 Å². The quantitative estimate of drug-likeness (QED) is 0.798. The van der Waals surface area contributed by atoms with Crippen molar-refractivity contribution in [3.8, 4) is 0 Å². The largest absolute Gasteiger partial charge is 0.351 e. The van der Waals surface area contributed by atoms with Crippen molar-refractivity contribution >= 4 is 21.8 Å². The summed E-state index contributed by atoms with van der Waals surface area (Å²) >= 11 is 3.49. The molecule has 20 heavy (non-hydrogen) atoms. The number of halogens is 1. The summed E-state index contributed by atoms with van der Waals surface area (Å²) in [6.07, 6.45) is 3.62. The Kier molecular flexibility index (Phi) is 4.58. The van der Waals surface area contributed by atoms with Gasteiger partial charge in [0.2, 0.25) is 0 Å². The molecule has 0 unspecified atom stereocenters. The van der Waals surface area contributed by atoms with Crippen molar-refractivity contribution in [2.24, 2.45) is 5.41 Å². The topological polar surface area (TPSA) is 29.1 Å². The molecule has 0 radical (unpaired) electrons. The van der Waals surface area contributed by atoms with Gasteiger partial charge < -0.3 is 5.32 Å². The molecule has 1 amide bonds. The average Bonchev–Trinajstić information content (AvgIpc) is 3.16. The minimum Gasteiger partial charge on any atom is -0.351 e. The van der Waals surface area contributed by atoms with Crippen molar-refractivity contribution in [3.05, 3.63) is 35.4 Å². The third kappa shape index (κ3) is 3.85. The van der Waals surface area contributed by atoms with Crippen LogP contribution in [0.4, 0.5) is 0 Å². The molecule has 0 saturated heterocycles. The number of nitrogens with one attached hydrogen (secondary N) is 1. The lowest BCUT2D eigenvalue weighted by atomic mass is 9.86. The fourth-order valence-corrected chi connectivity index (χ4v) is 3.22. The van der Waals surface area contributed by atoms with E-state index in [0.717, 1.165) is 23.9 Å². The third-order valence-corrected chi connectivity index (χ3v) is 4.62. The molecule has 2 rings (SSSR count). The molecule has 1 aliphatic carbocycles. The molecule has 0 atom stereocenters. The third-order valence-electron chi connectivity index (χ3n) is 4.22. The van der Waals surface area contributed by atoms with Crippen LogP contribution in [0.25, 0.3) is 0 Å². The molecule has 0 aromatic heterocycles. The van der Waals surface area contributed by atoms with E-state index in [9.17, 15) is 4.79 Å². The summed E-state index contributed by atoms with van der Waals surface area (Å²) in [4.78, 5) is 12.2. The first kappa shape index (κ1) is 15.6. The summed E-state index contributed by atoms with van der Waals surface area (Å²) in [7, 11) is 0. The van der Waals surface area contributed by atoms with E-state index in [0.29, 0.717) is 5.41 Å². The number of benzene rings is 1. The van der Waals surface area contributed by atoms with Crippen LogP contribution in [0.1, 0.15) is 56.0 Å². The van der Waals surface area contributed by atoms with Crippen molar-refractivity contribution < 1.29 is 4.79 Å². The molecular weight excluding hydrogens is 314 g/mol. The molecule has 1 fully saturated rings. The van der Waals surface area contributed by atoms with Crippen LogP contribution in [0.2, 0.25) is 0 Å². The molecular formula is C17H24BrNO. The van der Waals surface area contributed by atoms with Crippen LogP contribution in [0.5, 0.6) is 0 Å². The van der Waals surface area contributed by atoms with E-state index >= 15 is 0 Å². The normalized spacial score (nSPS) is 16.8. The lowest BCUT2D eigenvalue weighted by molar-refractivity contribution is 0.0944. The highest BCUT2D eigenvalue weighted by Crippen LogP contribution is 2.48. The van der Waals surface area contributed by atoms with Crippen molar-refractivity contribution in [1.82, 2.24) is 5.32 Å². The number of alkyl halides is 1. The summed E-state index contributed by atoms with van der Waals surface area (Å²) < 4.78 is 0. The first-order valence-corrected chi connectivity index (χ1v) is 8.43. The molecule has 110 valence electrons. The van der Waals surface area contributed by atoms with Crippen LogP contribution in [0, 0.1) is 5.41 Å². The Labute approximate surface area is 130 Å². The molecule has 0 spiro atoms. The van der Waals surface area contributed by atoms with Crippen LogP contribution in [0.15, 0.2) is 24.3 Å². The fourth-order valence-electron chi connectivity index (χ4n) is 2.38. The second-order valence-corrected chi connectivity index (χ2v) is 7.74. The Bertz CT molecular complexity index is 469. The molecule has 0 bridgehead atoms. The van der Waals surface area contributed by atoms with Gasteiger partial charge in [0.05, 0.1) is 0 Å². The Balaban J connectivity index is 1.93. The second kappa shape index (κ2) is 5.88. The van der Waals surface area contributed by atoms with Gasteiger partial charge in [0.15, 0.2) is 0 Å². The fraction of sp³-hybridized carbons (Fsp3) is 0.588. The molecule has 0 heterocycles. The van der Waals surface area contributed by atoms with Crippen molar-refractivity contribution in [2.75, 3.05) is 11.9 Å². The van der Waals surface area contributed by atoms with Gasteiger partial charge in [0, 0.05) is 17.4 Å². The number of rotatable bonds is 5. The van der Waals surface area contributed by atoms with Crippen molar-refractivity contribution in [2.45, 2.75) is 45.4 Å². The lowest BCUT2D eigenvalue weighted by Crippen LogP contribution is -2.30. The summed E-state index contributed by atoms with van der Waals surface area (Å²) in [5.41, 5.74) is 2.51. The maximum Gasteiger partial charge on any atom is 0.251 e. The van der Waals surface area contributed by atoms with E-state index < -0.39 is 0 Å². The molecule has 1 N–H and O–H groups in total. The van der Waals surface area contributed by atoms with E-state index in [1.165, 1.54) is 18.4 Å². The molecule has 1 saturated carbocycles. The summed E-state index contributed by atoms with van der Waals surface area (Å²) in [5.74, 6) is 0.0475. The minimum atomic E-state index is 0.0475. The maximum atomic E-state index is 12.2. The number of hydrogen-bond acceptors (Lipinski definition) is 1. The minimum absolute atomic E-state index is 0.0475. The van der Waals surface area contributed by atoms with Gasteiger partial charge in [0.1, 0.15) is 0 Å². The van der Waals surface area contributed by atoms with Gasteiger partial charge in [-0.3, -0.25) is 4.79 Å². The zero-order chi connectivity index (χ0) is 14.8. The molecule has 3 heteroatoms. The maximum absolute atomic E-state index is 12.2. The van der Waals surface area contributed by atoms with E-state index in [1.54, 1.807) is 0 Å². The zero-order valence-electron chi connectivity index (χ0n) is 12.6. The average molecular weight is 338 g/mol. The van der Waals surface area contributed by atoms with E-state index in [1.807, 2.05) is 12.1 Å². The molecule has 0 aliphatic heterocycles. The second-order valence-electron chi connectivity index (χ2n) is 6.95. The van der Waals surface area contributed by atoms with Gasteiger partial charge in [-0.15, -0.1) is 0 Å². The lowest BCUT2D eigenvalue weighted by Gasteiger charge is -2.19. The zero-order valence-corrected chi connectivity index (χ0v) is 14.2. The highest BCUT2D eigenvalue weighted by molar-refractivity contribution is 9.09. The summed E-state index contributed by atoms with van der Waals surface area (Å²) in [5, 5.41) is 4.10. The first-order valence-electron chi connectivity index (χ1n) is 7.31. The molecule has 1 aromatic carbocycles. The molecule has 1 aromatic rings. The highest BCUT2D eigenvalue weighted by atomic mass is 79.9. The van der Waals surface area contributed by atoms with Crippen LogP contribution in [0.3, 0.4) is 0 Å². The van der Waals surface area contributed by atoms with Gasteiger partial charge in [-0.25, -0.2) is 0 Å². The van der Waals surface area contributed by atoms with E-state index in [-0.39, 0.29) is 11.3 Å². The van der Waals surface area contributed by atoms with Gasteiger partial charge in [-0.2, -0.15) is 0 Å². The number of carbonyl (C=O) groups excluding carboxylic acids is 1. The monoisotopic (exact) mass is 337 g/mol. The predicted molar refractivity (Wildman–Crippen MR) is 87.6 cm³/mol. The number of carbonyl (C=O) groups is 1. The van der Waals surface area contributed by atoms with Crippen LogP contribution >= 0.6 is 15.9 Å². The van der Waals surface area contributed by atoms with Crippen molar-refractivity contribution in [1.29, 1.82) is 0 Å². The predicted octanol–water partition coefficient (Wildman–Crippen LogP) is 4.28. The van der Waals surface area contributed by atoms with Crippen LogP contribution < -0.4 is 5.32 Å². The SMILES string of the molecule is CC(C)(C)c1ccc(C(=O)NCC2(CCBr)CC2)cc1. The van der Waals surface area contributed by atoms with Crippen molar-refractivity contribution in [3.63, 3.8) is 0 Å². The van der Waals surface area contributed by atoms with Gasteiger partial charge in [-0.05, 0) is 47.8 Å². The smallest absolute Gasteiger partial charge is 0.251 e. The Morgan fingerprint density at radius 3 is 2.30 bits per heavy atom. The van der Waals surface area contributed by atoms with Gasteiger partial charge >= 0.3 is 0 Å². The Hall–Kier alpha value is -0.830. The number of hydrogen-bond donors (Lipinski definition) is 1. The standard InChI is InChI=1S/C17H24BrNO/c1-16(2,3)14-6-4-13(5-7-14)15(20)19-12-17(8-9-17)10-11-18/h4-7H,8-12H2,1-3H3,(H,19,20).